The van der Waals surface area contributed by atoms with E-state index in [1.807, 2.05) is 12.2 Å². The molecule has 2 saturated heterocycles. The molecule has 0 aromatic heterocycles. The van der Waals surface area contributed by atoms with Crippen molar-refractivity contribution in [1.82, 2.24) is 4.90 Å². The lowest BCUT2D eigenvalue weighted by Crippen LogP contribution is -2.45. The predicted molar refractivity (Wildman–Crippen MR) is 96.0 cm³/mol. The SMILES string of the molecule is CCCCC1CC2CCC(C1)N2C[C@@H](C)C[C@@H]1C=C(F)C=CC1. The molecule has 0 saturated carbocycles. The van der Waals surface area contributed by atoms with Crippen LogP contribution in [0.3, 0.4) is 0 Å². The third-order valence-corrected chi connectivity index (χ3v) is 6.29. The zero-order chi connectivity index (χ0) is 16.2. The fourth-order valence-electron chi connectivity index (χ4n) is 5.23. The first-order valence-electron chi connectivity index (χ1n) is 9.95. The van der Waals surface area contributed by atoms with Gasteiger partial charge in [-0.25, -0.2) is 4.39 Å². The van der Waals surface area contributed by atoms with Crippen molar-refractivity contribution in [2.75, 3.05) is 6.54 Å². The fourth-order valence-corrected chi connectivity index (χ4v) is 5.23. The Morgan fingerprint density at radius 3 is 2.65 bits per heavy atom. The van der Waals surface area contributed by atoms with Crippen LogP contribution < -0.4 is 0 Å². The molecule has 0 N–H and O–H groups in total. The molecular formula is C21H34FN. The molecule has 3 aliphatic rings. The Balaban J connectivity index is 1.48. The van der Waals surface area contributed by atoms with Crippen molar-refractivity contribution in [3.05, 3.63) is 24.1 Å². The highest BCUT2D eigenvalue weighted by molar-refractivity contribution is 5.17. The number of halogens is 1. The van der Waals surface area contributed by atoms with Gasteiger partial charge >= 0.3 is 0 Å². The van der Waals surface area contributed by atoms with E-state index in [9.17, 15) is 4.39 Å². The number of nitrogens with zero attached hydrogens (tertiary/aromatic N) is 1. The maximum atomic E-state index is 13.4. The fraction of sp³-hybridized carbons (Fsp3) is 0.810. The summed E-state index contributed by atoms with van der Waals surface area (Å²) in [5.74, 6) is 2.03. The lowest BCUT2D eigenvalue weighted by molar-refractivity contribution is 0.0815. The molecule has 3 rings (SSSR count). The predicted octanol–water partition coefficient (Wildman–Crippen LogP) is 5.88. The second-order valence-electron chi connectivity index (χ2n) is 8.35. The van der Waals surface area contributed by atoms with Crippen LogP contribution >= 0.6 is 0 Å². The summed E-state index contributed by atoms with van der Waals surface area (Å²) in [4.78, 5) is 2.83. The van der Waals surface area contributed by atoms with E-state index in [-0.39, 0.29) is 5.83 Å². The van der Waals surface area contributed by atoms with Gasteiger partial charge in [-0.05, 0) is 68.4 Å². The van der Waals surface area contributed by atoms with Crippen molar-refractivity contribution in [1.29, 1.82) is 0 Å². The average Bonchev–Trinajstić information content (AvgIpc) is 2.75. The van der Waals surface area contributed by atoms with Crippen LogP contribution in [0.25, 0.3) is 0 Å². The summed E-state index contributed by atoms with van der Waals surface area (Å²) in [7, 11) is 0. The number of allylic oxidation sites excluding steroid dienone is 4. The zero-order valence-electron chi connectivity index (χ0n) is 15.0. The van der Waals surface area contributed by atoms with Gasteiger partial charge in [-0.3, -0.25) is 4.90 Å². The first kappa shape index (κ1) is 17.2. The molecular weight excluding hydrogens is 285 g/mol. The Labute approximate surface area is 142 Å². The second kappa shape index (κ2) is 7.96. The van der Waals surface area contributed by atoms with Gasteiger partial charge < -0.3 is 0 Å². The van der Waals surface area contributed by atoms with Crippen LogP contribution in [0.15, 0.2) is 24.1 Å². The molecule has 2 heteroatoms. The van der Waals surface area contributed by atoms with Crippen molar-refractivity contribution in [2.24, 2.45) is 17.8 Å². The van der Waals surface area contributed by atoms with E-state index in [0.717, 1.165) is 30.8 Å². The number of piperidine rings is 1. The van der Waals surface area contributed by atoms with E-state index >= 15 is 0 Å². The van der Waals surface area contributed by atoms with Gasteiger partial charge in [0.2, 0.25) is 0 Å². The molecule has 2 aliphatic heterocycles. The van der Waals surface area contributed by atoms with E-state index in [2.05, 4.69) is 18.7 Å². The number of hydrogen-bond acceptors (Lipinski definition) is 1. The average molecular weight is 320 g/mol. The molecule has 4 atom stereocenters. The van der Waals surface area contributed by atoms with Gasteiger partial charge in [-0.1, -0.05) is 39.2 Å². The summed E-state index contributed by atoms with van der Waals surface area (Å²) in [5, 5.41) is 0. The first-order chi connectivity index (χ1) is 11.2. The van der Waals surface area contributed by atoms with E-state index in [0.29, 0.717) is 11.8 Å². The molecule has 0 aromatic carbocycles. The summed E-state index contributed by atoms with van der Waals surface area (Å²) in [6, 6.07) is 1.69. The normalized spacial score (nSPS) is 35.3. The Morgan fingerprint density at radius 1 is 1.26 bits per heavy atom. The van der Waals surface area contributed by atoms with Crippen LogP contribution in [0.1, 0.15) is 71.6 Å². The van der Waals surface area contributed by atoms with E-state index in [4.69, 9.17) is 0 Å². The smallest absolute Gasteiger partial charge is 0.119 e. The third-order valence-electron chi connectivity index (χ3n) is 6.29. The maximum Gasteiger partial charge on any atom is 0.119 e. The minimum absolute atomic E-state index is 0.0368. The number of hydrogen-bond donors (Lipinski definition) is 0. The maximum absolute atomic E-state index is 13.4. The highest BCUT2D eigenvalue weighted by atomic mass is 19.1. The number of fused-ring (bicyclic) bond motifs is 2. The summed E-state index contributed by atoms with van der Waals surface area (Å²) >= 11 is 0. The monoisotopic (exact) mass is 319 g/mol. The van der Waals surface area contributed by atoms with Crippen LogP contribution in [-0.2, 0) is 0 Å². The van der Waals surface area contributed by atoms with Gasteiger partial charge in [0, 0.05) is 18.6 Å². The second-order valence-corrected chi connectivity index (χ2v) is 8.35. The topological polar surface area (TPSA) is 3.24 Å². The summed E-state index contributed by atoms with van der Waals surface area (Å²) in [6.45, 7) is 5.90. The first-order valence-corrected chi connectivity index (χ1v) is 9.95. The molecule has 0 spiro atoms. The van der Waals surface area contributed by atoms with Crippen LogP contribution in [0.2, 0.25) is 0 Å². The molecule has 2 fully saturated rings. The molecule has 1 aliphatic carbocycles. The van der Waals surface area contributed by atoms with Crippen molar-refractivity contribution >= 4 is 0 Å². The standard InChI is InChI=1S/C21H34FN/c1-3-4-6-18-13-20-9-10-21(14-18)23(20)15-16(2)11-17-7-5-8-19(22)12-17/h5,8,12,16-18,20-21H,3-4,6-7,9-11,13-15H2,1-2H3/t16-,17+,18?,20?,21?/m0/s1. The van der Waals surface area contributed by atoms with E-state index < -0.39 is 0 Å². The van der Waals surface area contributed by atoms with Crippen molar-refractivity contribution in [3.63, 3.8) is 0 Å². The van der Waals surface area contributed by atoms with Crippen molar-refractivity contribution in [3.8, 4) is 0 Å². The van der Waals surface area contributed by atoms with Crippen molar-refractivity contribution < 1.29 is 4.39 Å². The largest absolute Gasteiger partial charge is 0.297 e. The Bertz CT molecular complexity index is 427. The van der Waals surface area contributed by atoms with Gasteiger partial charge in [0.1, 0.15) is 5.83 Å². The highest BCUT2D eigenvalue weighted by Crippen LogP contribution is 2.41. The van der Waals surface area contributed by atoms with Gasteiger partial charge in [0.05, 0.1) is 0 Å². The minimum atomic E-state index is -0.0368. The zero-order valence-corrected chi connectivity index (χ0v) is 15.0. The molecule has 2 bridgehead atoms. The molecule has 2 unspecified atom stereocenters. The van der Waals surface area contributed by atoms with Gasteiger partial charge in [0.15, 0.2) is 0 Å². The summed E-state index contributed by atoms with van der Waals surface area (Å²) in [6.07, 6.45) is 17.5. The van der Waals surface area contributed by atoms with Crippen LogP contribution in [0.4, 0.5) is 4.39 Å². The van der Waals surface area contributed by atoms with Crippen LogP contribution in [0.5, 0.6) is 0 Å². The van der Waals surface area contributed by atoms with E-state index in [1.165, 1.54) is 51.5 Å². The van der Waals surface area contributed by atoms with E-state index in [1.54, 1.807) is 6.08 Å². The van der Waals surface area contributed by atoms with Gasteiger partial charge in [-0.15, -0.1) is 0 Å². The highest BCUT2D eigenvalue weighted by Gasteiger charge is 2.40. The molecule has 2 heterocycles. The quantitative estimate of drug-likeness (QED) is 0.567. The lowest BCUT2D eigenvalue weighted by atomic mass is 9.85. The molecule has 1 nitrogen and oxygen atoms in total. The minimum Gasteiger partial charge on any atom is -0.297 e. The third kappa shape index (κ3) is 4.47. The summed E-state index contributed by atoms with van der Waals surface area (Å²) in [5.41, 5.74) is 0. The number of unbranched alkanes of at least 4 members (excludes halogenated alkanes) is 1. The van der Waals surface area contributed by atoms with Crippen LogP contribution in [-0.4, -0.2) is 23.5 Å². The molecule has 0 aromatic rings. The Kier molecular flexibility index (Phi) is 5.96. The molecule has 0 radical (unpaired) electrons. The molecule has 130 valence electrons. The Hall–Kier alpha value is -0.630. The van der Waals surface area contributed by atoms with Crippen molar-refractivity contribution in [2.45, 2.75) is 83.7 Å². The lowest BCUT2D eigenvalue weighted by Gasteiger charge is -2.40. The molecule has 23 heavy (non-hydrogen) atoms. The Morgan fingerprint density at radius 2 is 2.00 bits per heavy atom. The number of rotatable bonds is 7. The van der Waals surface area contributed by atoms with Gasteiger partial charge in [0.25, 0.3) is 0 Å². The summed E-state index contributed by atoms with van der Waals surface area (Å²) < 4.78 is 13.4. The van der Waals surface area contributed by atoms with Gasteiger partial charge in [-0.2, -0.15) is 0 Å². The van der Waals surface area contributed by atoms with Crippen LogP contribution in [0, 0.1) is 17.8 Å². The molecule has 0 amide bonds.